The normalized spacial score (nSPS) is 17.5. The molecule has 4 nitrogen and oxygen atoms in total. The van der Waals surface area contributed by atoms with Crippen LogP contribution in [0.4, 0.5) is 4.79 Å². The molecule has 1 atom stereocenters. The summed E-state index contributed by atoms with van der Waals surface area (Å²) in [5, 5.41) is 1.28. The third-order valence-electron chi connectivity index (χ3n) is 5.79. The number of carbonyl (C=O) groups excluding carboxylic acids is 1. The number of para-hydroxylation sites is 1. The highest BCUT2D eigenvalue weighted by Crippen LogP contribution is 2.39. The molecule has 1 amide bonds. The van der Waals surface area contributed by atoms with Gasteiger partial charge in [-0.1, -0.05) is 69.3 Å². The standard InChI is InChI=1S/C25H30N2O2/c1-25(2,3)23-22(20-13-7-8-14-21(20)26-23)19-12-9-15-27(16-19)24(28)29-17-18-10-5-4-6-11-18/h4-8,10-11,13-14,19,26H,9,12,15-17H2,1-3H3/t19-/m1/s1. The van der Waals surface area contributed by atoms with Gasteiger partial charge in [0.05, 0.1) is 0 Å². The first-order valence-electron chi connectivity index (χ1n) is 10.5. The van der Waals surface area contributed by atoms with Crippen LogP contribution >= 0.6 is 0 Å². The molecule has 1 aromatic heterocycles. The molecule has 1 fully saturated rings. The number of aromatic amines is 1. The summed E-state index contributed by atoms with van der Waals surface area (Å²) in [6.07, 6.45) is 1.87. The van der Waals surface area contributed by atoms with Crippen molar-refractivity contribution in [3.05, 3.63) is 71.4 Å². The highest BCUT2D eigenvalue weighted by Gasteiger charge is 2.32. The zero-order valence-electron chi connectivity index (χ0n) is 17.6. The molecule has 2 aromatic carbocycles. The Morgan fingerprint density at radius 2 is 1.83 bits per heavy atom. The monoisotopic (exact) mass is 390 g/mol. The van der Waals surface area contributed by atoms with Crippen molar-refractivity contribution in [2.24, 2.45) is 0 Å². The average Bonchev–Trinajstić information content (AvgIpc) is 3.13. The molecule has 1 saturated heterocycles. The smallest absolute Gasteiger partial charge is 0.410 e. The van der Waals surface area contributed by atoms with Crippen LogP contribution in [0.2, 0.25) is 0 Å². The van der Waals surface area contributed by atoms with E-state index in [4.69, 9.17) is 4.74 Å². The molecule has 4 rings (SSSR count). The number of piperidine rings is 1. The molecule has 1 aliphatic rings. The van der Waals surface area contributed by atoms with E-state index in [0.29, 0.717) is 19.1 Å². The maximum atomic E-state index is 12.7. The van der Waals surface area contributed by atoms with Crippen molar-refractivity contribution < 1.29 is 9.53 Å². The highest BCUT2D eigenvalue weighted by molar-refractivity contribution is 5.86. The Kier molecular flexibility index (Phi) is 5.35. The van der Waals surface area contributed by atoms with Crippen LogP contribution in [0.25, 0.3) is 10.9 Å². The van der Waals surface area contributed by atoms with E-state index in [1.807, 2.05) is 35.2 Å². The van der Waals surface area contributed by atoms with Crippen molar-refractivity contribution in [1.82, 2.24) is 9.88 Å². The van der Waals surface area contributed by atoms with E-state index in [0.717, 1.165) is 24.9 Å². The number of hydrogen-bond acceptors (Lipinski definition) is 2. The van der Waals surface area contributed by atoms with Crippen LogP contribution in [0, 0.1) is 0 Å². The minimum absolute atomic E-state index is 0.0183. The van der Waals surface area contributed by atoms with E-state index in [1.54, 1.807) is 0 Å². The lowest BCUT2D eigenvalue weighted by atomic mass is 9.81. The molecular weight excluding hydrogens is 360 g/mol. The second kappa shape index (κ2) is 7.94. The lowest BCUT2D eigenvalue weighted by molar-refractivity contribution is 0.0858. The number of fused-ring (bicyclic) bond motifs is 1. The summed E-state index contributed by atoms with van der Waals surface area (Å²) in [5.41, 5.74) is 4.86. The fourth-order valence-electron chi connectivity index (χ4n) is 4.37. The first-order chi connectivity index (χ1) is 13.9. The summed E-state index contributed by atoms with van der Waals surface area (Å²) < 4.78 is 5.60. The van der Waals surface area contributed by atoms with Crippen LogP contribution < -0.4 is 0 Å². The Balaban J connectivity index is 1.55. The fraction of sp³-hybridized carbons (Fsp3) is 0.400. The van der Waals surface area contributed by atoms with Gasteiger partial charge in [0.2, 0.25) is 0 Å². The fourth-order valence-corrected chi connectivity index (χ4v) is 4.37. The first kappa shape index (κ1) is 19.6. The summed E-state index contributed by atoms with van der Waals surface area (Å²) in [5.74, 6) is 0.318. The molecule has 0 aliphatic carbocycles. The van der Waals surface area contributed by atoms with Crippen molar-refractivity contribution in [3.63, 3.8) is 0 Å². The van der Waals surface area contributed by atoms with Crippen LogP contribution in [-0.4, -0.2) is 29.1 Å². The minimum atomic E-state index is -0.212. The van der Waals surface area contributed by atoms with Gasteiger partial charge in [0, 0.05) is 41.0 Å². The number of nitrogens with zero attached hydrogens (tertiary/aromatic N) is 1. The molecular formula is C25H30N2O2. The number of H-pyrrole nitrogens is 1. The van der Waals surface area contributed by atoms with Gasteiger partial charge < -0.3 is 14.6 Å². The molecule has 0 bridgehead atoms. The average molecular weight is 391 g/mol. The van der Waals surface area contributed by atoms with E-state index in [9.17, 15) is 4.79 Å². The van der Waals surface area contributed by atoms with Gasteiger partial charge in [-0.3, -0.25) is 0 Å². The topological polar surface area (TPSA) is 45.3 Å². The molecule has 29 heavy (non-hydrogen) atoms. The predicted molar refractivity (Wildman–Crippen MR) is 117 cm³/mol. The maximum Gasteiger partial charge on any atom is 0.410 e. The predicted octanol–water partition coefficient (Wildman–Crippen LogP) is 5.98. The summed E-state index contributed by atoms with van der Waals surface area (Å²) in [7, 11) is 0. The van der Waals surface area contributed by atoms with Gasteiger partial charge in [-0.15, -0.1) is 0 Å². The van der Waals surface area contributed by atoms with Crippen LogP contribution in [0.1, 0.15) is 56.4 Å². The minimum Gasteiger partial charge on any atom is -0.445 e. The van der Waals surface area contributed by atoms with Gasteiger partial charge in [-0.25, -0.2) is 4.79 Å². The number of amides is 1. The largest absolute Gasteiger partial charge is 0.445 e. The summed E-state index contributed by atoms with van der Waals surface area (Å²) in [4.78, 5) is 18.3. The second-order valence-corrected chi connectivity index (χ2v) is 9.03. The molecule has 4 heteroatoms. The third kappa shape index (κ3) is 4.16. The Morgan fingerprint density at radius 1 is 1.10 bits per heavy atom. The zero-order chi connectivity index (χ0) is 20.4. The number of rotatable bonds is 3. The number of aromatic nitrogens is 1. The quantitative estimate of drug-likeness (QED) is 0.598. The van der Waals surface area contributed by atoms with E-state index in [2.05, 4.69) is 50.0 Å². The Labute approximate surface area is 172 Å². The molecule has 2 heterocycles. The molecule has 1 aliphatic heterocycles. The maximum absolute atomic E-state index is 12.7. The molecule has 3 aromatic rings. The number of ether oxygens (including phenoxy) is 1. The Hall–Kier alpha value is -2.75. The van der Waals surface area contributed by atoms with Gasteiger partial charge in [0.25, 0.3) is 0 Å². The van der Waals surface area contributed by atoms with Gasteiger partial charge in [0.1, 0.15) is 6.61 Å². The van der Waals surface area contributed by atoms with E-state index < -0.39 is 0 Å². The SMILES string of the molecule is CC(C)(C)c1[nH]c2ccccc2c1[C@@H]1CCCN(C(=O)OCc2ccccc2)C1. The molecule has 0 saturated carbocycles. The van der Waals surface area contributed by atoms with Gasteiger partial charge in [0.15, 0.2) is 0 Å². The van der Waals surface area contributed by atoms with Gasteiger partial charge in [-0.2, -0.15) is 0 Å². The number of benzene rings is 2. The van der Waals surface area contributed by atoms with Crippen molar-refractivity contribution in [2.45, 2.75) is 51.6 Å². The number of nitrogens with one attached hydrogen (secondary N) is 1. The van der Waals surface area contributed by atoms with Crippen LogP contribution in [0.5, 0.6) is 0 Å². The molecule has 1 N–H and O–H groups in total. The molecule has 0 radical (unpaired) electrons. The van der Waals surface area contributed by atoms with Gasteiger partial charge in [-0.05, 0) is 30.0 Å². The summed E-state index contributed by atoms with van der Waals surface area (Å²) in [6.45, 7) is 8.53. The van der Waals surface area contributed by atoms with Crippen LogP contribution in [-0.2, 0) is 16.8 Å². The Bertz CT molecular complexity index is 985. The number of hydrogen-bond donors (Lipinski definition) is 1. The molecule has 152 valence electrons. The number of likely N-dealkylation sites (tertiary alicyclic amines) is 1. The van der Waals surface area contributed by atoms with Crippen LogP contribution in [0.15, 0.2) is 54.6 Å². The number of carbonyl (C=O) groups is 1. The summed E-state index contributed by atoms with van der Waals surface area (Å²) >= 11 is 0. The molecule has 0 unspecified atom stereocenters. The van der Waals surface area contributed by atoms with E-state index in [-0.39, 0.29) is 11.5 Å². The van der Waals surface area contributed by atoms with Crippen molar-refractivity contribution >= 4 is 17.0 Å². The summed E-state index contributed by atoms with van der Waals surface area (Å²) in [6, 6.07) is 18.4. The first-order valence-corrected chi connectivity index (χ1v) is 10.5. The van der Waals surface area contributed by atoms with E-state index in [1.165, 1.54) is 22.2 Å². The van der Waals surface area contributed by atoms with Crippen molar-refractivity contribution in [2.75, 3.05) is 13.1 Å². The van der Waals surface area contributed by atoms with E-state index >= 15 is 0 Å². The molecule has 0 spiro atoms. The van der Waals surface area contributed by atoms with Crippen molar-refractivity contribution in [1.29, 1.82) is 0 Å². The zero-order valence-corrected chi connectivity index (χ0v) is 17.6. The van der Waals surface area contributed by atoms with Crippen molar-refractivity contribution in [3.8, 4) is 0 Å². The highest BCUT2D eigenvalue weighted by atomic mass is 16.6. The lowest BCUT2D eigenvalue weighted by Gasteiger charge is -2.34. The van der Waals surface area contributed by atoms with Gasteiger partial charge >= 0.3 is 6.09 Å². The second-order valence-electron chi connectivity index (χ2n) is 9.03. The third-order valence-corrected chi connectivity index (χ3v) is 5.79. The Morgan fingerprint density at radius 3 is 2.59 bits per heavy atom. The lowest BCUT2D eigenvalue weighted by Crippen LogP contribution is -2.39. The van der Waals surface area contributed by atoms with Crippen LogP contribution in [0.3, 0.4) is 0 Å².